The summed E-state index contributed by atoms with van der Waals surface area (Å²) in [6, 6.07) is 2.79. The van der Waals surface area contributed by atoms with Crippen molar-refractivity contribution in [2.75, 3.05) is 6.61 Å². The lowest BCUT2D eigenvalue weighted by Gasteiger charge is -2.17. The average molecular weight is 308 g/mol. The summed E-state index contributed by atoms with van der Waals surface area (Å²) in [5.74, 6) is 0.0106. The molecule has 0 bridgehead atoms. The van der Waals surface area contributed by atoms with Crippen molar-refractivity contribution in [2.45, 2.75) is 31.7 Å². The van der Waals surface area contributed by atoms with E-state index in [1.54, 1.807) is 20.8 Å². The van der Waals surface area contributed by atoms with Crippen LogP contribution in [0.5, 0.6) is 5.75 Å². The molecule has 0 fully saturated rings. The maximum atomic E-state index is 11.9. The molecule has 0 amide bonds. The van der Waals surface area contributed by atoms with Gasteiger partial charge >= 0.3 is 6.18 Å². The molecule has 0 aromatic carbocycles. The molecule has 1 aromatic heterocycles. The summed E-state index contributed by atoms with van der Waals surface area (Å²) >= 11 is -1.41. The maximum absolute atomic E-state index is 11.9. The molecule has 0 saturated carbocycles. The van der Waals surface area contributed by atoms with Crippen LogP contribution in [0.25, 0.3) is 0 Å². The van der Waals surface area contributed by atoms with Crippen LogP contribution in [0.1, 0.15) is 26.5 Å². The van der Waals surface area contributed by atoms with Crippen molar-refractivity contribution in [1.29, 1.82) is 0 Å². The second-order valence-electron chi connectivity index (χ2n) is 4.92. The standard InChI is InChI=1S/C12H15F3N2O2S/c1-11(2,3)20(18)17-6-9-4-5-10(7-16-9)19-8-12(13,14)15/h4-7H,8H2,1-3H3. The van der Waals surface area contributed by atoms with Crippen molar-refractivity contribution in [3.05, 3.63) is 24.0 Å². The predicted octanol–water partition coefficient (Wildman–Crippen LogP) is 2.90. The normalized spacial score (nSPS) is 14.6. The number of ether oxygens (including phenoxy) is 1. The number of pyridine rings is 1. The third kappa shape index (κ3) is 6.25. The van der Waals surface area contributed by atoms with E-state index in [4.69, 9.17) is 0 Å². The molecule has 1 heterocycles. The minimum absolute atomic E-state index is 0.0106. The van der Waals surface area contributed by atoms with Gasteiger partial charge in [0.1, 0.15) is 28.1 Å². The lowest BCUT2D eigenvalue weighted by Crippen LogP contribution is -2.25. The van der Waals surface area contributed by atoms with Crippen molar-refractivity contribution in [3.63, 3.8) is 0 Å². The highest BCUT2D eigenvalue weighted by Gasteiger charge is 2.28. The first-order valence-corrected chi connectivity index (χ1v) is 6.80. The van der Waals surface area contributed by atoms with Crippen LogP contribution >= 0.6 is 0 Å². The summed E-state index contributed by atoms with van der Waals surface area (Å²) in [6.07, 6.45) is -1.91. The van der Waals surface area contributed by atoms with Gasteiger partial charge < -0.3 is 9.29 Å². The number of hydrogen-bond acceptors (Lipinski definition) is 4. The monoisotopic (exact) mass is 308 g/mol. The van der Waals surface area contributed by atoms with Crippen molar-refractivity contribution >= 4 is 17.6 Å². The van der Waals surface area contributed by atoms with Crippen molar-refractivity contribution in [3.8, 4) is 5.75 Å². The van der Waals surface area contributed by atoms with Gasteiger partial charge in [0.25, 0.3) is 0 Å². The lowest BCUT2D eigenvalue weighted by atomic mass is 10.3. The summed E-state index contributed by atoms with van der Waals surface area (Å²) in [7, 11) is 0. The number of nitrogens with zero attached hydrogens (tertiary/aromatic N) is 2. The van der Waals surface area contributed by atoms with Gasteiger partial charge in [0.15, 0.2) is 6.61 Å². The van der Waals surface area contributed by atoms with Gasteiger partial charge in [0, 0.05) is 0 Å². The highest BCUT2D eigenvalue weighted by molar-refractivity contribution is 7.91. The zero-order valence-corrected chi connectivity index (χ0v) is 12.1. The van der Waals surface area contributed by atoms with Crippen LogP contribution in [0.4, 0.5) is 13.2 Å². The molecule has 0 spiro atoms. The van der Waals surface area contributed by atoms with Gasteiger partial charge in [0.05, 0.1) is 11.9 Å². The van der Waals surface area contributed by atoms with Crippen LogP contribution in [0.2, 0.25) is 0 Å². The summed E-state index contributed by atoms with van der Waals surface area (Å²) in [4.78, 5) is 3.86. The summed E-state index contributed by atoms with van der Waals surface area (Å²) in [5.41, 5.74) is 0.391. The first-order valence-electron chi connectivity index (χ1n) is 5.69. The number of hydrogen-bond donors (Lipinski definition) is 0. The van der Waals surface area contributed by atoms with E-state index >= 15 is 0 Å². The third-order valence-electron chi connectivity index (χ3n) is 1.97. The quantitative estimate of drug-likeness (QED) is 0.635. The van der Waals surface area contributed by atoms with E-state index < -0.39 is 28.9 Å². The molecule has 1 rings (SSSR count). The van der Waals surface area contributed by atoms with Gasteiger partial charge in [-0.1, -0.05) is 4.40 Å². The fraction of sp³-hybridized carbons (Fsp3) is 0.500. The second-order valence-corrected chi connectivity index (χ2v) is 6.85. The molecule has 112 valence electrons. The van der Waals surface area contributed by atoms with Gasteiger partial charge in [0.2, 0.25) is 0 Å². The Morgan fingerprint density at radius 2 is 2.00 bits per heavy atom. The molecule has 0 aliphatic carbocycles. The maximum Gasteiger partial charge on any atom is 0.422 e. The average Bonchev–Trinajstić information content (AvgIpc) is 2.32. The molecule has 1 unspecified atom stereocenters. The summed E-state index contributed by atoms with van der Waals surface area (Å²) < 4.78 is 55.4. The van der Waals surface area contributed by atoms with Gasteiger partial charge in [-0.25, -0.2) is 0 Å². The minimum Gasteiger partial charge on any atom is -0.591 e. The minimum atomic E-state index is -4.39. The first kappa shape index (κ1) is 16.8. The molecular formula is C12H15F3N2O2S. The predicted molar refractivity (Wildman–Crippen MR) is 71.3 cm³/mol. The highest BCUT2D eigenvalue weighted by Crippen LogP contribution is 2.18. The number of aromatic nitrogens is 1. The van der Waals surface area contributed by atoms with E-state index in [0.717, 1.165) is 6.20 Å². The van der Waals surface area contributed by atoms with E-state index in [0.29, 0.717) is 5.69 Å². The fourth-order valence-electron chi connectivity index (χ4n) is 0.979. The molecule has 20 heavy (non-hydrogen) atoms. The van der Waals surface area contributed by atoms with Crippen LogP contribution in [-0.2, 0) is 11.4 Å². The van der Waals surface area contributed by atoms with E-state index in [2.05, 4.69) is 14.1 Å². The third-order valence-corrected chi connectivity index (χ3v) is 3.31. The SMILES string of the molecule is CC(C)(C)[S+]([O-])N=Cc1ccc(OCC(F)(F)F)cn1. The van der Waals surface area contributed by atoms with Gasteiger partial charge in [-0.3, -0.25) is 4.98 Å². The Bertz CT molecular complexity index is 455. The molecule has 4 nitrogen and oxygen atoms in total. The molecule has 0 aliphatic heterocycles. The molecule has 0 radical (unpaired) electrons. The molecule has 8 heteroatoms. The zero-order chi connectivity index (χ0) is 15.4. The Morgan fingerprint density at radius 3 is 2.45 bits per heavy atom. The number of rotatable bonds is 4. The Labute approximate surface area is 118 Å². The number of halogens is 3. The smallest absolute Gasteiger partial charge is 0.422 e. The van der Waals surface area contributed by atoms with Gasteiger partial charge in [-0.05, 0) is 32.9 Å². The molecule has 0 saturated heterocycles. The van der Waals surface area contributed by atoms with Crippen molar-refractivity contribution in [2.24, 2.45) is 4.40 Å². The van der Waals surface area contributed by atoms with E-state index in [1.165, 1.54) is 18.3 Å². The zero-order valence-electron chi connectivity index (χ0n) is 11.3. The largest absolute Gasteiger partial charge is 0.591 e. The fourth-order valence-corrected chi connectivity index (χ4v) is 1.50. The Morgan fingerprint density at radius 1 is 1.35 bits per heavy atom. The van der Waals surface area contributed by atoms with Crippen LogP contribution in [0.3, 0.4) is 0 Å². The van der Waals surface area contributed by atoms with Gasteiger partial charge in [-0.15, -0.1) is 0 Å². The molecule has 0 N–H and O–H groups in total. The molecule has 1 aromatic rings. The molecular weight excluding hydrogens is 293 g/mol. The Hall–Kier alpha value is -1.28. The first-order chi connectivity index (χ1) is 9.08. The molecule has 0 aliphatic rings. The highest BCUT2D eigenvalue weighted by atomic mass is 32.2. The van der Waals surface area contributed by atoms with Crippen LogP contribution in [0, 0.1) is 0 Å². The molecule has 1 atom stereocenters. The van der Waals surface area contributed by atoms with Crippen molar-refractivity contribution < 1.29 is 22.5 Å². The van der Waals surface area contributed by atoms with Crippen LogP contribution < -0.4 is 4.74 Å². The Kier molecular flexibility index (Phi) is 5.41. The van der Waals surface area contributed by atoms with Gasteiger partial charge in [-0.2, -0.15) is 13.2 Å². The number of alkyl halides is 3. The van der Waals surface area contributed by atoms with E-state index in [9.17, 15) is 17.7 Å². The van der Waals surface area contributed by atoms with Crippen molar-refractivity contribution in [1.82, 2.24) is 4.98 Å². The van der Waals surface area contributed by atoms with E-state index in [1.807, 2.05) is 0 Å². The lowest BCUT2D eigenvalue weighted by molar-refractivity contribution is -0.153. The van der Waals surface area contributed by atoms with Crippen LogP contribution in [-0.4, -0.2) is 33.3 Å². The summed E-state index contributed by atoms with van der Waals surface area (Å²) in [5, 5.41) is 0. The van der Waals surface area contributed by atoms with E-state index in [-0.39, 0.29) is 5.75 Å². The summed E-state index contributed by atoms with van der Waals surface area (Å²) in [6.45, 7) is 3.97. The second kappa shape index (κ2) is 6.45. The topological polar surface area (TPSA) is 57.5 Å². The van der Waals surface area contributed by atoms with Crippen LogP contribution in [0.15, 0.2) is 22.7 Å². The Balaban J connectivity index is 2.61.